The van der Waals surface area contributed by atoms with Crippen molar-refractivity contribution in [3.05, 3.63) is 64.7 Å². The van der Waals surface area contributed by atoms with Crippen LogP contribution in [0.4, 0.5) is 8.78 Å². The number of fused-ring (bicyclic) bond motifs is 1. The first-order valence-electron chi connectivity index (χ1n) is 8.27. The van der Waals surface area contributed by atoms with Crippen LogP contribution in [-0.4, -0.2) is 18.6 Å². The molecule has 2 aromatic rings. The summed E-state index contributed by atoms with van der Waals surface area (Å²) in [6.45, 7) is 6.72. The van der Waals surface area contributed by atoms with Gasteiger partial charge in [-0.05, 0) is 34.7 Å². The Morgan fingerprint density at radius 3 is 2.64 bits per heavy atom. The van der Waals surface area contributed by atoms with Gasteiger partial charge in [0, 0.05) is 12.5 Å². The quantitative estimate of drug-likeness (QED) is 0.913. The monoisotopic (exact) mass is 345 g/mol. The maximum Gasteiger partial charge on any atom is 0.254 e. The van der Waals surface area contributed by atoms with Crippen LogP contribution in [0.5, 0.6) is 5.75 Å². The maximum absolute atomic E-state index is 13.6. The van der Waals surface area contributed by atoms with Gasteiger partial charge in [0.2, 0.25) is 0 Å². The average molecular weight is 345 g/mol. The van der Waals surface area contributed by atoms with Gasteiger partial charge < -0.3 is 10.1 Å². The van der Waals surface area contributed by atoms with Crippen molar-refractivity contribution in [2.45, 2.75) is 38.7 Å². The molecule has 0 fully saturated rings. The van der Waals surface area contributed by atoms with E-state index in [9.17, 15) is 13.6 Å². The van der Waals surface area contributed by atoms with Crippen molar-refractivity contribution in [2.24, 2.45) is 0 Å². The minimum absolute atomic E-state index is 0.0570. The lowest BCUT2D eigenvalue weighted by atomic mass is 9.86. The van der Waals surface area contributed by atoms with Gasteiger partial charge in [-0.15, -0.1) is 0 Å². The molecule has 3 rings (SSSR count). The summed E-state index contributed by atoms with van der Waals surface area (Å²) in [6, 6.07) is 9.04. The van der Waals surface area contributed by atoms with Crippen molar-refractivity contribution in [3.63, 3.8) is 0 Å². The summed E-state index contributed by atoms with van der Waals surface area (Å²) in [7, 11) is 0. The van der Waals surface area contributed by atoms with Crippen LogP contribution in [-0.2, 0) is 11.8 Å². The number of hydrogen-bond acceptors (Lipinski definition) is 2. The van der Waals surface area contributed by atoms with Gasteiger partial charge in [0.05, 0.1) is 12.1 Å². The lowest BCUT2D eigenvalue weighted by Crippen LogP contribution is -2.34. The van der Waals surface area contributed by atoms with E-state index in [0.717, 1.165) is 23.4 Å². The van der Waals surface area contributed by atoms with E-state index in [-0.39, 0.29) is 23.6 Å². The molecule has 132 valence electrons. The van der Waals surface area contributed by atoms with E-state index >= 15 is 0 Å². The van der Waals surface area contributed by atoms with Gasteiger partial charge in [0.25, 0.3) is 5.91 Å². The third kappa shape index (κ3) is 3.81. The zero-order chi connectivity index (χ0) is 18.2. The van der Waals surface area contributed by atoms with Crippen LogP contribution in [0.3, 0.4) is 0 Å². The van der Waals surface area contributed by atoms with Gasteiger partial charge in [-0.2, -0.15) is 0 Å². The molecular formula is C20H21F2NO2. The van der Waals surface area contributed by atoms with E-state index in [1.807, 2.05) is 12.1 Å². The molecule has 3 nitrogen and oxygen atoms in total. The second kappa shape index (κ2) is 6.47. The minimum atomic E-state index is -0.872. The number of amides is 1. The van der Waals surface area contributed by atoms with Gasteiger partial charge in [-0.1, -0.05) is 32.9 Å². The molecule has 0 unspecified atom stereocenters. The number of hydrogen-bond donors (Lipinski definition) is 1. The van der Waals surface area contributed by atoms with Gasteiger partial charge in [0.1, 0.15) is 23.5 Å². The van der Waals surface area contributed by atoms with Crippen LogP contribution < -0.4 is 10.1 Å². The van der Waals surface area contributed by atoms with Crippen molar-refractivity contribution in [3.8, 4) is 5.75 Å². The Balaban J connectivity index is 1.62. The fraction of sp³-hybridized carbons (Fsp3) is 0.350. The summed E-state index contributed by atoms with van der Waals surface area (Å²) < 4.78 is 32.4. The second-order valence-electron chi connectivity index (χ2n) is 7.35. The van der Waals surface area contributed by atoms with Crippen molar-refractivity contribution in [1.29, 1.82) is 0 Å². The fourth-order valence-corrected chi connectivity index (χ4v) is 2.88. The van der Waals surface area contributed by atoms with Crippen molar-refractivity contribution < 1.29 is 18.3 Å². The van der Waals surface area contributed by atoms with Crippen LogP contribution in [0.1, 0.15) is 42.3 Å². The van der Waals surface area contributed by atoms with Crippen LogP contribution in [0.25, 0.3) is 0 Å². The van der Waals surface area contributed by atoms with Gasteiger partial charge in [0.15, 0.2) is 0 Å². The Labute approximate surface area is 146 Å². The summed E-state index contributed by atoms with van der Waals surface area (Å²) in [5, 5.41) is 2.65. The van der Waals surface area contributed by atoms with E-state index in [0.29, 0.717) is 12.5 Å². The molecule has 0 saturated carbocycles. The summed E-state index contributed by atoms with van der Waals surface area (Å²) >= 11 is 0. The van der Waals surface area contributed by atoms with Gasteiger partial charge in [-0.3, -0.25) is 4.79 Å². The Morgan fingerprint density at radius 2 is 1.96 bits per heavy atom. The Morgan fingerprint density at radius 1 is 1.20 bits per heavy atom. The molecule has 1 heterocycles. The highest BCUT2D eigenvalue weighted by Crippen LogP contribution is 2.33. The predicted octanol–water partition coefficient (Wildman–Crippen LogP) is 4.00. The number of benzene rings is 2. The lowest BCUT2D eigenvalue weighted by Gasteiger charge is -2.19. The summed E-state index contributed by atoms with van der Waals surface area (Å²) in [4.78, 5) is 12.1. The highest BCUT2D eigenvalue weighted by Gasteiger charge is 2.26. The molecule has 1 aliphatic heterocycles. The molecule has 0 saturated heterocycles. The van der Waals surface area contributed by atoms with E-state index < -0.39 is 17.5 Å². The highest BCUT2D eigenvalue weighted by atomic mass is 19.1. The largest absolute Gasteiger partial charge is 0.488 e. The van der Waals surface area contributed by atoms with Crippen LogP contribution in [0, 0.1) is 11.6 Å². The fourth-order valence-electron chi connectivity index (χ4n) is 2.88. The molecule has 1 amide bonds. The molecule has 0 radical (unpaired) electrons. The van der Waals surface area contributed by atoms with Crippen LogP contribution >= 0.6 is 0 Å². The van der Waals surface area contributed by atoms with E-state index in [4.69, 9.17) is 4.74 Å². The Bertz CT molecular complexity index is 812. The molecule has 5 heteroatoms. The third-order valence-corrected chi connectivity index (χ3v) is 4.33. The average Bonchev–Trinajstić information content (AvgIpc) is 2.93. The normalized spacial score (nSPS) is 16.3. The van der Waals surface area contributed by atoms with E-state index in [2.05, 4.69) is 32.2 Å². The van der Waals surface area contributed by atoms with E-state index in [1.165, 1.54) is 5.56 Å². The van der Waals surface area contributed by atoms with Crippen LogP contribution in [0.2, 0.25) is 0 Å². The van der Waals surface area contributed by atoms with E-state index in [1.54, 1.807) is 0 Å². The standard InChI is InChI=1S/C20H21F2NO2/c1-20(2,3)13-4-7-18-12(8-13)9-15(25-18)11-23-19(24)16-6-5-14(21)10-17(16)22/h4-8,10,15H,9,11H2,1-3H3,(H,23,24)/t15-/m0/s1. The smallest absolute Gasteiger partial charge is 0.254 e. The summed E-state index contributed by atoms with van der Waals surface area (Å²) in [5.41, 5.74) is 2.22. The lowest BCUT2D eigenvalue weighted by molar-refractivity contribution is 0.0929. The number of rotatable bonds is 3. The number of nitrogens with one attached hydrogen (secondary N) is 1. The first-order valence-corrected chi connectivity index (χ1v) is 8.27. The molecule has 0 bridgehead atoms. The van der Waals surface area contributed by atoms with Gasteiger partial charge >= 0.3 is 0 Å². The molecular weight excluding hydrogens is 324 g/mol. The van der Waals surface area contributed by atoms with Crippen molar-refractivity contribution in [2.75, 3.05) is 6.54 Å². The van der Waals surface area contributed by atoms with Crippen LogP contribution in [0.15, 0.2) is 36.4 Å². The maximum atomic E-state index is 13.6. The Hall–Kier alpha value is -2.43. The summed E-state index contributed by atoms with van der Waals surface area (Å²) in [6.07, 6.45) is 0.489. The minimum Gasteiger partial charge on any atom is -0.488 e. The molecule has 2 aromatic carbocycles. The second-order valence-corrected chi connectivity index (χ2v) is 7.35. The van der Waals surface area contributed by atoms with Crippen molar-refractivity contribution >= 4 is 5.91 Å². The summed E-state index contributed by atoms with van der Waals surface area (Å²) in [5.74, 6) is -1.34. The number of carbonyl (C=O) groups excluding carboxylic acids is 1. The van der Waals surface area contributed by atoms with Crippen molar-refractivity contribution in [1.82, 2.24) is 5.32 Å². The zero-order valence-electron chi connectivity index (χ0n) is 14.5. The first-order chi connectivity index (χ1) is 11.7. The highest BCUT2D eigenvalue weighted by molar-refractivity contribution is 5.94. The molecule has 1 N–H and O–H groups in total. The molecule has 1 atom stereocenters. The first kappa shape index (κ1) is 17.4. The SMILES string of the molecule is CC(C)(C)c1ccc2c(c1)C[C@@H](CNC(=O)c1ccc(F)cc1F)O2. The molecule has 0 aliphatic carbocycles. The molecule has 1 aliphatic rings. The zero-order valence-corrected chi connectivity index (χ0v) is 14.5. The predicted molar refractivity (Wildman–Crippen MR) is 92.0 cm³/mol. The molecule has 0 aromatic heterocycles. The van der Waals surface area contributed by atoms with Gasteiger partial charge in [-0.25, -0.2) is 8.78 Å². The number of carbonyl (C=O) groups is 1. The topological polar surface area (TPSA) is 38.3 Å². The Kier molecular flexibility index (Phi) is 4.50. The third-order valence-electron chi connectivity index (χ3n) is 4.33. The molecule has 25 heavy (non-hydrogen) atoms. The number of ether oxygens (including phenoxy) is 1. The molecule has 0 spiro atoms. The number of halogens is 2.